The van der Waals surface area contributed by atoms with Gasteiger partial charge in [-0.1, -0.05) is 0 Å². The van der Waals surface area contributed by atoms with Crippen molar-refractivity contribution in [2.75, 3.05) is 52.4 Å². The molecule has 1 rings (SSSR count). The van der Waals surface area contributed by atoms with Crippen molar-refractivity contribution in [1.29, 1.82) is 0 Å². The minimum absolute atomic E-state index is 1.15. The van der Waals surface area contributed by atoms with Gasteiger partial charge in [0, 0.05) is 0 Å². The first-order chi connectivity index (χ1) is 9.00. The Morgan fingerprint density at radius 3 is 0.778 bits per heavy atom. The zero-order chi connectivity index (χ0) is 12.7. The van der Waals surface area contributed by atoms with Crippen LogP contribution in [-0.4, -0.2) is 52.4 Å². The van der Waals surface area contributed by atoms with Crippen LogP contribution >= 0.6 is 0 Å². The minimum Gasteiger partial charge on any atom is -0.317 e. The van der Waals surface area contributed by atoms with Gasteiger partial charge in [0.1, 0.15) is 0 Å². The fraction of sp³-hybridized carbons (Fsp3) is 1.00. The number of hydrogen-bond acceptors (Lipinski definition) is 4. The normalized spacial score (nSPS) is 24.0. The lowest BCUT2D eigenvalue weighted by atomic mass is 10.2. The van der Waals surface area contributed by atoms with Crippen molar-refractivity contribution >= 4 is 0 Å². The molecule has 0 spiro atoms. The zero-order valence-electron chi connectivity index (χ0n) is 11.9. The van der Waals surface area contributed by atoms with E-state index >= 15 is 0 Å². The van der Waals surface area contributed by atoms with Gasteiger partial charge in [0.15, 0.2) is 0 Å². The molecule has 1 aliphatic rings. The topological polar surface area (TPSA) is 48.1 Å². The average molecular weight is 256 g/mol. The molecule has 1 fully saturated rings. The van der Waals surface area contributed by atoms with Gasteiger partial charge < -0.3 is 21.3 Å². The van der Waals surface area contributed by atoms with E-state index in [1.807, 2.05) is 0 Å². The summed E-state index contributed by atoms with van der Waals surface area (Å²) in [5.74, 6) is 0. The zero-order valence-corrected chi connectivity index (χ0v) is 11.9. The van der Waals surface area contributed by atoms with E-state index in [2.05, 4.69) is 21.3 Å². The molecule has 4 nitrogen and oxygen atoms in total. The first-order valence-corrected chi connectivity index (χ1v) is 7.83. The molecular weight excluding hydrogens is 224 g/mol. The van der Waals surface area contributed by atoms with Crippen molar-refractivity contribution < 1.29 is 0 Å². The third kappa shape index (κ3) is 11.0. The lowest BCUT2D eigenvalue weighted by molar-refractivity contribution is 0.525. The first kappa shape index (κ1) is 15.9. The van der Waals surface area contributed by atoms with Crippen LogP contribution in [-0.2, 0) is 0 Å². The second-order valence-corrected chi connectivity index (χ2v) is 5.12. The second-order valence-electron chi connectivity index (χ2n) is 5.12. The third-order valence-electron chi connectivity index (χ3n) is 3.33. The predicted octanol–water partition coefficient (Wildman–Crippen LogP) is 0.699. The summed E-state index contributed by atoms with van der Waals surface area (Å²) < 4.78 is 0. The van der Waals surface area contributed by atoms with E-state index in [1.165, 1.54) is 64.7 Å². The van der Waals surface area contributed by atoms with Crippen molar-refractivity contribution in [3.63, 3.8) is 0 Å². The van der Waals surface area contributed by atoms with Crippen molar-refractivity contribution in [2.45, 2.75) is 38.5 Å². The molecule has 4 heteroatoms. The van der Waals surface area contributed by atoms with Crippen molar-refractivity contribution in [1.82, 2.24) is 21.3 Å². The minimum atomic E-state index is 1.15. The second kappa shape index (κ2) is 13.3. The number of nitrogens with one attached hydrogen (secondary N) is 4. The van der Waals surface area contributed by atoms with E-state index < -0.39 is 0 Å². The molecule has 0 radical (unpaired) electrons. The largest absolute Gasteiger partial charge is 0.317 e. The maximum Gasteiger partial charge on any atom is -0.00368 e. The van der Waals surface area contributed by atoms with Gasteiger partial charge in [0.25, 0.3) is 0 Å². The van der Waals surface area contributed by atoms with Crippen molar-refractivity contribution in [3.8, 4) is 0 Å². The summed E-state index contributed by atoms with van der Waals surface area (Å²) in [6.45, 7) is 9.30. The Morgan fingerprint density at radius 1 is 0.278 bits per heavy atom. The Hall–Kier alpha value is -0.160. The summed E-state index contributed by atoms with van der Waals surface area (Å²) in [6, 6.07) is 0. The first-order valence-electron chi connectivity index (χ1n) is 7.83. The molecule has 1 aliphatic heterocycles. The summed E-state index contributed by atoms with van der Waals surface area (Å²) in [5.41, 5.74) is 0. The Labute approximate surface area is 113 Å². The molecular formula is C14H32N4. The van der Waals surface area contributed by atoms with Crippen LogP contribution in [0.5, 0.6) is 0 Å². The molecule has 108 valence electrons. The fourth-order valence-corrected chi connectivity index (χ4v) is 2.18. The molecule has 0 bridgehead atoms. The summed E-state index contributed by atoms with van der Waals surface area (Å²) >= 11 is 0. The monoisotopic (exact) mass is 256 g/mol. The van der Waals surface area contributed by atoms with E-state index in [0.29, 0.717) is 0 Å². The maximum atomic E-state index is 3.51. The van der Waals surface area contributed by atoms with Gasteiger partial charge in [-0.05, 0) is 90.9 Å². The summed E-state index contributed by atoms with van der Waals surface area (Å²) in [7, 11) is 0. The maximum absolute atomic E-state index is 3.51. The van der Waals surface area contributed by atoms with Crippen LogP contribution < -0.4 is 21.3 Å². The number of rotatable bonds is 0. The van der Waals surface area contributed by atoms with E-state index in [9.17, 15) is 0 Å². The highest BCUT2D eigenvalue weighted by molar-refractivity contribution is 4.57. The Kier molecular flexibility index (Phi) is 11.7. The fourth-order valence-electron chi connectivity index (χ4n) is 2.18. The average Bonchev–Trinajstić information content (AvgIpc) is 2.39. The molecule has 4 N–H and O–H groups in total. The molecule has 0 atom stereocenters. The van der Waals surface area contributed by atoms with Crippen LogP contribution in [0, 0.1) is 0 Å². The Morgan fingerprint density at radius 2 is 0.500 bits per heavy atom. The molecule has 0 aromatic rings. The molecule has 0 saturated carbocycles. The van der Waals surface area contributed by atoms with Crippen molar-refractivity contribution in [3.05, 3.63) is 0 Å². The quantitative estimate of drug-likeness (QED) is 0.515. The molecule has 0 amide bonds. The van der Waals surface area contributed by atoms with Gasteiger partial charge in [-0.2, -0.15) is 0 Å². The molecule has 18 heavy (non-hydrogen) atoms. The molecule has 1 saturated heterocycles. The predicted molar refractivity (Wildman–Crippen MR) is 79.2 cm³/mol. The lowest BCUT2D eigenvalue weighted by Crippen LogP contribution is -2.26. The van der Waals surface area contributed by atoms with E-state index in [4.69, 9.17) is 0 Å². The van der Waals surface area contributed by atoms with E-state index in [-0.39, 0.29) is 0 Å². The lowest BCUT2D eigenvalue weighted by Gasteiger charge is -2.09. The van der Waals surface area contributed by atoms with Gasteiger partial charge in [0.05, 0.1) is 0 Å². The molecule has 0 aliphatic carbocycles. The van der Waals surface area contributed by atoms with Crippen molar-refractivity contribution in [2.24, 2.45) is 0 Å². The summed E-state index contributed by atoms with van der Waals surface area (Å²) in [4.78, 5) is 0. The van der Waals surface area contributed by atoms with Crippen LogP contribution in [0.15, 0.2) is 0 Å². The standard InChI is InChI=1S/C14H32N4/c1-2-8-16-12-6-14-18-10-4-3-9-17-13-5-11-15-7-1/h15-18H,1-14H2. The van der Waals surface area contributed by atoms with E-state index in [1.54, 1.807) is 0 Å². The molecule has 0 aromatic carbocycles. The van der Waals surface area contributed by atoms with Gasteiger partial charge in [0.2, 0.25) is 0 Å². The highest BCUT2D eigenvalue weighted by atomic mass is 14.9. The Balaban J connectivity index is 2.00. The van der Waals surface area contributed by atoms with Crippen LogP contribution in [0.25, 0.3) is 0 Å². The van der Waals surface area contributed by atoms with Crippen LogP contribution in [0.2, 0.25) is 0 Å². The van der Waals surface area contributed by atoms with Gasteiger partial charge in [-0.15, -0.1) is 0 Å². The summed E-state index contributed by atoms with van der Waals surface area (Å²) in [6.07, 6.45) is 7.65. The summed E-state index contributed by atoms with van der Waals surface area (Å²) in [5, 5.41) is 14.0. The highest BCUT2D eigenvalue weighted by Gasteiger charge is 1.94. The smallest absolute Gasteiger partial charge is 0.00368 e. The molecule has 1 heterocycles. The number of hydrogen-bond donors (Lipinski definition) is 4. The third-order valence-corrected chi connectivity index (χ3v) is 3.33. The molecule has 0 aromatic heterocycles. The van der Waals surface area contributed by atoms with Gasteiger partial charge >= 0.3 is 0 Å². The van der Waals surface area contributed by atoms with Crippen LogP contribution in [0.4, 0.5) is 0 Å². The van der Waals surface area contributed by atoms with Crippen LogP contribution in [0.1, 0.15) is 38.5 Å². The van der Waals surface area contributed by atoms with Gasteiger partial charge in [-0.3, -0.25) is 0 Å². The van der Waals surface area contributed by atoms with Crippen LogP contribution in [0.3, 0.4) is 0 Å². The van der Waals surface area contributed by atoms with Gasteiger partial charge in [-0.25, -0.2) is 0 Å². The molecule has 0 unspecified atom stereocenters. The highest BCUT2D eigenvalue weighted by Crippen LogP contribution is 1.88. The SMILES string of the molecule is C1CCNCCCNCCCCNCCCNC1. The Bertz CT molecular complexity index is 88.8. The van der Waals surface area contributed by atoms with E-state index in [0.717, 1.165) is 26.2 Å².